The molecule has 1 aromatic carbocycles. The molecule has 6 heteroatoms. The smallest absolute Gasteiger partial charge is 0.271 e. The van der Waals surface area contributed by atoms with Crippen LogP contribution in [0.5, 0.6) is 0 Å². The molecule has 1 aliphatic heterocycles. The van der Waals surface area contributed by atoms with Gasteiger partial charge in [0.2, 0.25) is 5.91 Å². The molecule has 3 rings (SSSR count). The van der Waals surface area contributed by atoms with E-state index >= 15 is 0 Å². The Morgan fingerprint density at radius 2 is 2.17 bits per heavy atom. The summed E-state index contributed by atoms with van der Waals surface area (Å²) in [5.41, 5.74) is 1.32. The van der Waals surface area contributed by atoms with E-state index in [4.69, 9.17) is 11.6 Å². The number of alkyl halides is 1. The van der Waals surface area contributed by atoms with Gasteiger partial charge in [-0.1, -0.05) is 0 Å². The first-order valence-electron chi connectivity index (χ1n) is 5.76. The molecule has 1 fully saturated rings. The summed E-state index contributed by atoms with van der Waals surface area (Å²) in [6.45, 7) is 0.621. The molecule has 0 spiro atoms. The van der Waals surface area contributed by atoms with Gasteiger partial charge in [-0.3, -0.25) is 19.8 Å². The lowest BCUT2D eigenvalue weighted by Gasteiger charge is -2.16. The standard InChI is InChI=1S/C12H12ClN3O2/c13-5-7-3-11(17)16(6-7)8-1-2-10-9(4-8)12(18)15-14-10/h1-2,4,7H,3,5-6H2,(H2,14,15,18). The molecule has 2 heterocycles. The number of rotatable bonds is 2. The highest BCUT2D eigenvalue weighted by Gasteiger charge is 2.30. The molecule has 1 aliphatic rings. The third-order valence-electron chi connectivity index (χ3n) is 3.29. The van der Waals surface area contributed by atoms with Gasteiger partial charge in [-0.15, -0.1) is 11.6 Å². The Morgan fingerprint density at radius 3 is 2.89 bits per heavy atom. The van der Waals surface area contributed by atoms with E-state index in [0.29, 0.717) is 24.2 Å². The van der Waals surface area contributed by atoms with Gasteiger partial charge in [0.15, 0.2) is 0 Å². The molecule has 2 aromatic rings. The van der Waals surface area contributed by atoms with Crippen LogP contribution in [0, 0.1) is 5.92 Å². The first kappa shape index (κ1) is 11.3. The number of benzene rings is 1. The second-order valence-corrected chi connectivity index (χ2v) is 4.85. The number of fused-ring (bicyclic) bond motifs is 1. The van der Waals surface area contributed by atoms with Crippen LogP contribution in [-0.4, -0.2) is 28.5 Å². The molecule has 1 saturated heterocycles. The summed E-state index contributed by atoms with van der Waals surface area (Å²) in [5, 5.41) is 5.86. The number of halogens is 1. The molecule has 1 unspecified atom stereocenters. The van der Waals surface area contributed by atoms with Crippen molar-refractivity contribution in [1.82, 2.24) is 10.2 Å². The van der Waals surface area contributed by atoms with Crippen LogP contribution in [0.1, 0.15) is 6.42 Å². The zero-order chi connectivity index (χ0) is 12.7. The predicted octanol–water partition coefficient (Wildman–Crippen LogP) is 1.45. The Hall–Kier alpha value is -1.75. The van der Waals surface area contributed by atoms with Crippen molar-refractivity contribution in [3.8, 4) is 0 Å². The highest BCUT2D eigenvalue weighted by Crippen LogP contribution is 2.27. The number of nitrogens with one attached hydrogen (secondary N) is 2. The van der Waals surface area contributed by atoms with Gasteiger partial charge in [0, 0.05) is 24.5 Å². The Kier molecular flexibility index (Phi) is 2.63. The number of hydrogen-bond donors (Lipinski definition) is 2. The van der Waals surface area contributed by atoms with Crippen LogP contribution in [0.2, 0.25) is 0 Å². The summed E-state index contributed by atoms with van der Waals surface area (Å²) in [7, 11) is 0. The lowest BCUT2D eigenvalue weighted by atomic mass is 10.1. The first-order chi connectivity index (χ1) is 8.69. The maximum atomic E-state index is 11.9. The van der Waals surface area contributed by atoms with Crippen molar-refractivity contribution in [2.45, 2.75) is 6.42 Å². The van der Waals surface area contributed by atoms with Crippen molar-refractivity contribution >= 4 is 34.1 Å². The predicted molar refractivity (Wildman–Crippen MR) is 70.1 cm³/mol. The zero-order valence-corrected chi connectivity index (χ0v) is 10.3. The number of H-pyrrole nitrogens is 2. The minimum Gasteiger partial charge on any atom is -0.312 e. The average molecular weight is 266 g/mol. The van der Waals surface area contributed by atoms with Crippen LogP contribution in [0.3, 0.4) is 0 Å². The van der Waals surface area contributed by atoms with E-state index < -0.39 is 0 Å². The molecule has 0 saturated carbocycles. The molecule has 1 aromatic heterocycles. The Labute approximate surface area is 108 Å². The lowest BCUT2D eigenvalue weighted by Crippen LogP contribution is -2.24. The van der Waals surface area contributed by atoms with Crippen molar-refractivity contribution in [2.24, 2.45) is 5.92 Å². The fourth-order valence-corrected chi connectivity index (χ4v) is 2.53. The summed E-state index contributed by atoms with van der Waals surface area (Å²) in [6.07, 6.45) is 0.477. The summed E-state index contributed by atoms with van der Waals surface area (Å²) >= 11 is 5.79. The van der Waals surface area contributed by atoms with Crippen molar-refractivity contribution in [2.75, 3.05) is 17.3 Å². The van der Waals surface area contributed by atoms with Crippen LogP contribution in [-0.2, 0) is 4.79 Å². The summed E-state index contributed by atoms with van der Waals surface area (Å²) in [5.74, 6) is 0.737. The van der Waals surface area contributed by atoms with Gasteiger partial charge in [0.05, 0.1) is 10.9 Å². The van der Waals surface area contributed by atoms with Gasteiger partial charge in [0.1, 0.15) is 0 Å². The second kappa shape index (κ2) is 4.17. The van der Waals surface area contributed by atoms with E-state index in [-0.39, 0.29) is 17.4 Å². The van der Waals surface area contributed by atoms with Crippen molar-refractivity contribution in [1.29, 1.82) is 0 Å². The Morgan fingerprint density at radius 1 is 1.33 bits per heavy atom. The van der Waals surface area contributed by atoms with Gasteiger partial charge in [0.25, 0.3) is 5.56 Å². The maximum Gasteiger partial charge on any atom is 0.271 e. The van der Waals surface area contributed by atoms with Gasteiger partial charge < -0.3 is 4.90 Å². The normalized spacial score (nSPS) is 19.9. The number of aromatic nitrogens is 2. The third-order valence-corrected chi connectivity index (χ3v) is 3.73. The van der Waals surface area contributed by atoms with Crippen LogP contribution < -0.4 is 10.5 Å². The fourth-order valence-electron chi connectivity index (χ4n) is 2.32. The molecule has 0 aliphatic carbocycles. The van der Waals surface area contributed by atoms with E-state index in [2.05, 4.69) is 10.2 Å². The van der Waals surface area contributed by atoms with Crippen LogP contribution in [0.25, 0.3) is 10.9 Å². The van der Waals surface area contributed by atoms with Gasteiger partial charge in [-0.25, -0.2) is 0 Å². The van der Waals surface area contributed by atoms with Crippen LogP contribution in [0.4, 0.5) is 5.69 Å². The molecular weight excluding hydrogens is 254 g/mol. The molecule has 0 bridgehead atoms. The highest BCUT2D eigenvalue weighted by molar-refractivity contribution is 6.18. The molecular formula is C12H12ClN3O2. The molecule has 1 amide bonds. The number of amides is 1. The molecule has 2 N–H and O–H groups in total. The summed E-state index contributed by atoms with van der Waals surface area (Å²) < 4.78 is 0. The quantitative estimate of drug-likeness (QED) is 0.807. The van der Waals surface area contributed by atoms with Gasteiger partial charge in [-0.2, -0.15) is 0 Å². The summed E-state index contributed by atoms with van der Waals surface area (Å²) in [6, 6.07) is 5.36. The minimum absolute atomic E-state index is 0.0620. The minimum atomic E-state index is -0.174. The largest absolute Gasteiger partial charge is 0.312 e. The Balaban J connectivity index is 2.01. The van der Waals surface area contributed by atoms with E-state index in [0.717, 1.165) is 11.2 Å². The average Bonchev–Trinajstić information content (AvgIpc) is 2.93. The fraction of sp³-hybridized carbons (Fsp3) is 0.333. The van der Waals surface area contributed by atoms with E-state index in [1.54, 1.807) is 17.0 Å². The number of nitrogens with zero attached hydrogens (tertiary/aromatic N) is 1. The van der Waals surface area contributed by atoms with Crippen molar-refractivity contribution in [3.05, 3.63) is 28.6 Å². The number of carbonyl (C=O) groups is 1. The molecule has 0 radical (unpaired) electrons. The third kappa shape index (κ3) is 1.71. The van der Waals surface area contributed by atoms with Crippen molar-refractivity contribution in [3.63, 3.8) is 0 Å². The molecule has 5 nitrogen and oxygen atoms in total. The topological polar surface area (TPSA) is 69.0 Å². The SMILES string of the molecule is O=C1CC(CCl)CN1c1ccc2[nH][nH]c(=O)c2c1. The van der Waals surface area contributed by atoms with E-state index in [9.17, 15) is 9.59 Å². The lowest BCUT2D eigenvalue weighted by molar-refractivity contribution is -0.117. The van der Waals surface area contributed by atoms with E-state index in [1.165, 1.54) is 0 Å². The second-order valence-electron chi connectivity index (χ2n) is 4.54. The maximum absolute atomic E-state index is 11.9. The number of anilines is 1. The molecule has 1 atom stereocenters. The molecule has 94 valence electrons. The first-order valence-corrected chi connectivity index (χ1v) is 6.29. The van der Waals surface area contributed by atoms with Gasteiger partial charge >= 0.3 is 0 Å². The summed E-state index contributed by atoms with van der Waals surface area (Å²) in [4.78, 5) is 25.1. The Bertz CT molecular complexity index is 661. The van der Waals surface area contributed by atoms with Crippen molar-refractivity contribution < 1.29 is 4.79 Å². The molecule has 18 heavy (non-hydrogen) atoms. The number of carbonyl (C=O) groups excluding carboxylic acids is 1. The zero-order valence-electron chi connectivity index (χ0n) is 9.57. The number of aromatic amines is 2. The monoisotopic (exact) mass is 265 g/mol. The van der Waals surface area contributed by atoms with E-state index in [1.807, 2.05) is 6.07 Å². The highest BCUT2D eigenvalue weighted by atomic mass is 35.5. The van der Waals surface area contributed by atoms with Crippen LogP contribution in [0.15, 0.2) is 23.0 Å². The van der Waals surface area contributed by atoms with Crippen LogP contribution >= 0.6 is 11.6 Å². The van der Waals surface area contributed by atoms with Gasteiger partial charge in [-0.05, 0) is 24.1 Å². The number of hydrogen-bond acceptors (Lipinski definition) is 2.